The average molecular weight is 449 g/mol. The van der Waals surface area contributed by atoms with Crippen molar-refractivity contribution in [3.8, 4) is 11.3 Å². The molecule has 0 bridgehead atoms. The number of hydrogen-bond acceptors (Lipinski definition) is 4. The lowest BCUT2D eigenvalue weighted by Crippen LogP contribution is -2.43. The zero-order chi connectivity index (χ0) is 22.9. The molecule has 1 saturated heterocycles. The van der Waals surface area contributed by atoms with Crippen LogP contribution in [0.1, 0.15) is 31.7 Å². The minimum Gasteiger partial charge on any atom is -0.373 e. The van der Waals surface area contributed by atoms with Gasteiger partial charge in [-0.15, -0.1) is 0 Å². The summed E-state index contributed by atoms with van der Waals surface area (Å²) in [6.45, 7) is 14.9. The van der Waals surface area contributed by atoms with E-state index in [1.54, 1.807) is 18.5 Å². The summed E-state index contributed by atoms with van der Waals surface area (Å²) in [5.74, 6) is 0. The van der Waals surface area contributed by atoms with Crippen LogP contribution in [-0.4, -0.2) is 53.0 Å². The highest BCUT2D eigenvalue weighted by molar-refractivity contribution is 6.35. The van der Waals surface area contributed by atoms with Gasteiger partial charge in [0.1, 0.15) is 0 Å². The van der Waals surface area contributed by atoms with Crippen molar-refractivity contribution in [3.05, 3.63) is 78.2 Å². The van der Waals surface area contributed by atoms with E-state index in [0.29, 0.717) is 5.02 Å². The molecule has 0 radical (unpaired) electrons. The van der Waals surface area contributed by atoms with E-state index in [4.69, 9.17) is 11.6 Å². The van der Waals surface area contributed by atoms with Gasteiger partial charge in [-0.3, -0.25) is 4.98 Å². The van der Waals surface area contributed by atoms with Crippen LogP contribution in [-0.2, 0) is 0 Å². The van der Waals surface area contributed by atoms with Crippen molar-refractivity contribution >= 4 is 28.6 Å². The Balaban J connectivity index is 0.000000195. The Morgan fingerprint density at radius 3 is 2.59 bits per heavy atom. The van der Waals surface area contributed by atoms with E-state index >= 15 is 0 Å². The highest BCUT2D eigenvalue weighted by atomic mass is 35.5. The van der Waals surface area contributed by atoms with Crippen LogP contribution >= 0.6 is 11.6 Å². The van der Waals surface area contributed by atoms with Crippen LogP contribution in [0.25, 0.3) is 28.2 Å². The predicted octanol–water partition coefficient (Wildman–Crippen LogP) is 6.53. The number of fused-ring (bicyclic) bond motifs is 1. The lowest BCUT2D eigenvalue weighted by Gasteiger charge is -2.35. The minimum atomic E-state index is 0.694. The molecule has 0 spiro atoms. The summed E-state index contributed by atoms with van der Waals surface area (Å²) in [6.07, 6.45) is 9.05. The van der Waals surface area contributed by atoms with Crippen LogP contribution in [0.4, 0.5) is 0 Å². The number of likely N-dealkylation sites (N-methyl/N-ethyl adjacent to an activating group) is 1. The molecule has 2 aromatic heterocycles. The van der Waals surface area contributed by atoms with Crippen molar-refractivity contribution < 1.29 is 0 Å². The summed E-state index contributed by atoms with van der Waals surface area (Å²) < 4.78 is 0. The number of nitrogens with zero attached hydrogens (tertiary/aromatic N) is 4. The molecule has 0 amide bonds. The molecule has 1 aliphatic rings. The number of allylic oxidation sites excluding steroid dienone is 1. The van der Waals surface area contributed by atoms with E-state index in [1.807, 2.05) is 36.4 Å². The van der Waals surface area contributed by atoms with Gasteiger partial charge in [-0.1, -0.05) is 56.3 Å². The van der Waals surface area contributed by atoms with E-state index in [9.17, 15) is 0 Å². The van der Waals surface area contributed by atoms with E-state index < -0.39 is 0 Å². The highest BCUT2D eigenvalue weighted by Crippen LogP contribution is 2.28. The third-order valence-electron chi connectivity index (χ3n) is 5.75. The molecule has 3 aromatic rings. The predicted molar refractivity (Wildman–Crippen MR) is 138 cm³/mol. The van der Waals surface area contributed by atoms with Crippen molar-refractivity contribution in [2.75, 3.05) is 33.2 Å². The Labute approximate surface area is 197 Å². The minimum absolute atomic E-state index is 0.694. The van der Waals surface area contributed by atoms with Gasteiger partial charge in [0.05, 0.1) is 16.2 Å². The summed E-state index contributed by atoms with van der Waals surface area (Å²) in [6, 6.07) is 11.6. The number of benzene rings is 1. The maximum absolute atomic E-state index is 6.32. The van der Waals surface area contributed by atoms with Gasteiger partial charge >= 0.3 is 0 Å². The fourth-order valence-corrected chi connectivity index (χ4v) is 3.92. The van der Waals surface area contributed by atoms with Gasteiger partial charge in [-0.25, -0.2) is 4.98 Å². The molecule has 0 aliphatic carbocycles. The molecule has 1 aliphatic heterocycles. The average Bonchev–Trinajstić information content (AvgIpc) is 2.83. The molecule has 0 atom stereocenters. The zero-order valence-electron chi connectivity index (χ0n) is 19.2. The zero-order valence-corrected chi connectivity index (χ0v) is 20.0. The maximum Gasteiger partial charge on any atom is 0.0740 e. The first-order valence-corrected chi connectivity index (χ1v) is 11.6. The van der Waals surface area contributed by atoms with Crippen molar-refractivity contribution in [1.29, 1.82) is 0 Å². The molecule has 0 N–H and O–H groups in total. The van der Waals surface area contributed by atoms with Gasteiger partial charge in [0.15, 0.2) is 0 Å². The van der Waals surface area contributed by atoms with Crippen molar-refractivity contribution in [2.24, 2.45) is 0 Å². The smallest absolute Gasteiger partial charge is 0.0740 e. The number of halogens is 1. The van der Waals surface area contributed by atoms with Crippen molar-refractivity contribution in [3.63, 3.8) is 0 Å². The van der Waals surface area contributed by atoms with E-state index in [0.717, 1.165) is 27.7 Å². The fourth-order valence-electron chi connectivity index (χ4n) is 3.65. The molecule has 0 unspecified atom stereocenters. The molecule has 0 saturated carbocycles. The van der Waals surface area contributed by atoms with Crippen molar-refractivity contribution in [2.45, 2.75) is 26.2 Å². The Bertz CT molecular complexity index is 1040. The number of unbranched alkanes of at least 4 members (excludes halogenated alkanes) is 1. The SMILES string of the molecule is C=C(CCCC)N1CCN(C)CC1.C=Cc1ccc2c(Cl)cc(-c3cccnc3)nc2c1. The number of hydrogen-bond donors (Lipinski definition) is 0. The lowest BCUT2D eigenvalue weighted by molar-refractivity contribution is 0.182. The summed E-state index contributed by atoms with van der Waals surface area (Å²) in [7, 11) is 2.19. The molecule has 1 fully saturated rings. The molecule has 32 heavy (non-hydrogen) atoms. The number of aromatic nitrogens is 2. The van der Waals surface area contributed by atoms with Gasteiger partial charge < -0.3 is 9.80 Å². The monoisotopic (exact) mass is 448 g/mol. The lowest BCUT2D eigenvalue weighted by atomic mass is 10.1. The third kappa shape index (κ3) is 6.41. The van der Waals surface area contributed by atoms with Crippen LogP contribution in [0.15, 0.2) is 67.6 Å². The number of piperazine rings is 1. The number of rotatable bonds is 6. The summed E-state index contributed by atoms with van der Waals surface area (Å²) in [5, 5.41) is 1.64. The second-order valence-corrected chi connectivity index (χ2v) is 8.58. The number of pyridine rings is 2. The second kappa shape index (κ2) is 11.8. The quantitative estimate of drug-likeness (QED) is 0.429. The standard InChI is InChI=1S/C16H11ClN2.C11H22N2/c1-2-11-5-6-13-14(17)9-15(19-16(13)8-11)12-4-3-7-18-10-12;1-4-5-6-11(2)13-9-7-12(3)8-10-13/h2-10H,1H2;2,4-10H2,1,3H3. The van der Waals surface area contributed by atoms with E-state index in [2.05, 4.69) is 46.9 Å². The van der Waals surface area contributed by atoms with Gasteiger partial charge in [0.25, 0.3) is 0 Å². The molecular weight excluding hydrogens is 416 g/mol. The third-order valence-corrected chi connectivity index (χ3v) is 6.06. The van der Waals surface area contributed by atoms with Gasteiger partial charge in [-0.2, -0.15) is 0 Å². The van der Waals surface area contributed by atoms with E-state index in [-0.39, 0.29) is 0 Å². The van der Waals surface area contributed by atoms with Crippen molar-refractivity contribution in [1.82, 2.24) is 19.8 Å². The molecule has 4 nitrogen and oxygen atoms in total. The first-order valence-electron chi connectivity index (χ1n) is 11.3. The summed E-state index contributed by atoms with van der Waals surface area (Å²) >= 11 is 6.32. The first-order chi connectivity index (χ1) is 15.5. The first kappa shape index (κ1) is 24.0. The Hall–Kier alpha value is -2.69. The van der Waals surface area contributed by atoms with Crippen LogP contribution in [0.2, 0.25) is 5.02 Å². The Kier molecular flexibility index (Phi) is 8.83. The molecule has 3 heterocycles. The molecule has 5 heteroatoms. The Morgan fingerprint density at radius 1 is 1.16 bits per heavy atom. The second-order valence-electron chi connectivity index (χ2n) is 8.17. The van der Waals surface area contributed by atoms with Crippen LogP contribution < -0.4 is 0 Å². The van der Waals surface area contributed by atoms with Gasteiger partial charge in [0, 0.05) is 55.2 Å². The molecular formula is C27H33ClN4. The largest absolute Gasteiger partial charge is 0.373 e. The van der Waals surface area contributed by atoms with Crippen LogP contribution in [0.3, 0.4) is 0 Å². The van der Waals surface area contributed by atoms with Gasteiger partial charge in [0.2, 0.25) is 0 Å². The summed E-state index contributed by atoms with van der Waals surface area (Å²) in [5.41, 5.74) is 5.01. The molecule has 168 valence electrons. The van der Waals surface area contributed by atoms with Gasteiger partial charge in [-0.05, 0) is 49.7 Å². The topological polar surface area (TPSA) is 32.3 Å². The highest BCUT2D eigenvalue weighted by Gasteiger charge is 2.14. The van der Waals surface area contributed by atoms with E-state index in [1.165, 1.54) is 51.1 Å². The summed E-state index contributed by atoms with van der Waals surface area (Å²) in [4.78, 5) is 13.6. The molecule has 1 aromatic carbocycles. The fraction of sp³-hybridized carbons (Fsp3) is 0.333. The van der Waals surface area contributed by atoms with Crippen LogP contribution in [0.5, 0.6) is 0 Å². The van der Waals surface area contributed by atoms with Crippen LogP contribution in [0, 0.1) is 0 Å². The molecule has 4 rings (SSSR count). The normalized spacial score (nSPS) is 14.0. The Morgan fingerprint density at radius 2 is 1.94 bits per heavy atom. The maximum atomic E-state index is 6.32.